The summed E-state index contributed by atoms with van der Waals surface area (Å²) in [4.78, 5) is 25.0. The molecule has 2 rings (SSSR count). The molecule has 0 aromatic heterocycles. The topological polar surface area (TPSA) is 103 Å². The van der Waals surface area contributed by atoms with Crippen LogP contribution >= 0.6 is 0 Å². The van der Waals surface area contributed by atoms with Crippen molar-refractivity contribution in [3.63, 3.8) is 0 Å². The first-order valence-electron chi connectivity index (χ1n) is 9.84. The zero-order valence-corrected chi connectivity index (χ0v) is 17.0. The predicted octanol–water partition coefficient (Wildman–Crippen LogP) is 3.41. The fourth-order valence-electron chi connectivity index (χ4n) is 2.77. The average molecular weight is 399 g/mol. The van der Waals surface area contributed by atoms with E-state index < -0.39 is 11.9 Å². The van der Waals surface area contributed by atoms with Crippen molar-refractivity contribution in [2.24, 2.45) is 5.73 Å². The predicted molar refractivity (Wildman–Crippen MR) is 114 cm³/mol. The van der Waals surface area contributed by atoms with Crippen LogP contribution < -0.4 is 16.4 Å². The molecule has 7 heteroatoms. The van der Waals surface area contributed by atoms with E-state index in [1.807, 2.05) is 30.3 Å². The van der Waals surface area contributed by atoms with Gasteiger partial charge in [-0.15, -0.1) is 0 Å². The van der Waals surface area contributed by atoms with Crippen LogP contribution in [0.2, 0.25) is 0 Å². The minimum absolute atomic E-state index is 0.256. The maximum atomic E-state index is 12.5. The van der Waals surface area contributed by atoms with E-state index in [9.17, 15) is 9.59 Å². The highest BCUT2D eigenvalue weighted by molar-refractivity contribution is 6.03. The van der Waals surface area contributed by atoms with Crippen molar-refractivity contribution in [2.75, 3.05) is 36.9 Å². The molecular formula is C22H29N3O4. The van der Waals surface area contributed by atoms with Gasteiger partial charge in [0.2, 0.25) is 0 Å². The monoisotopic (exact) mass is 399 g/mol. The second kappa shape index (κ2) is 11.7. The first kappa shape index (κ1) is 22.2. The molecule has 0 aliphatic rings. The third kappa shape index (κ3) is 6.50. The fraction of sp³-hybridized carbons (Fsp3) is 0.364. The highest BCUT2D eigenvalue weighted by atomic mass is 16.5. The number of benzene rings is 2. The minimum atomic E-state index is -0.458. The van der Waals surface area contributed by atoms with Crippen LogP contribution in [0.4, 0.5) is 11.4 Å². The molecule has 4 N–H and O–H groups in total. The lowest BCUT2D eigenvalue weighted by molar-refractivity contribution is 0.0513. The molecule has 0 aliphatic carbocycles. The summed E-state index contributed by atoms with van der Waals surface area (Å²) >= 11 is 0. The van der Waals surface area contributed by atoms with Gasteiger partial charge >= 0.3 is 11.9 Å². The van der Waals surface area contributed by atoms with Crippen LogP contribution in [0.3, 0.4) is 0 Å². The SMILES string of the molecule is CCOC(=O)c1cc(NCc2ccccc2)c(C(=O)OCC)cc1NCCCN. The van der Waals surface area contributed by atoms with Gasteiger partial charge in [-0.2, -0.15) is 0 Å². The van der Waals surface area contributed by atoms with Gasteiger partial charge in [-0.05, 0) is 44.5 Å². The van der Waals surface area contributed by atoms with Crippen LogP contribution in [0.1, 0.15) is 46.5 Å². The van der Waals surface area contributed by atoms with E-state index in [0.29, 0.717) is 42.1 Å². The van der Waals surface area contributed by atoms with Gasteiger partial charge in [0.25, 0.3) is 0 Å². The molecule has 0 radical (unpaired) electrons. The van der Waals surface area contributed by atoms with E-state index >= 15 is 0 Å². The number of ether oxygens (including phenoxy) is 2. The van der Waals surface area contributed by atoms with Gasteiger partial charge in [-0.1, -0.05) is 30.3 Å². The number of carbonyl (C=O) groups is 2. The molecule has 0 bridgehead atoms. The summed E-state index contributed by atoms with van der Waals surface area (Å²) in [5.74, 6) is -0.915. The molecule has 0 unspecified atom stereocenters. The largest absolute Gasteiger partial charge is 0.462 e. The highest BCUT2D eigenvalue weighted by Gasteiger charge is 2.21. The molecule has 0 saturated heterocycles. The number of anilines is 2. The van der Waals surface area contributed by atoms with Crippen LogP contribution in [0, 0.1) is 0 Å². The Bertz CT molecular complexity index is 809. The van der Waals surface area contributed by atoms with Crippen LogP contribution in [-0.2, 0) is 16.0 Å². The van der Waals surface area contributed by atoms with E-state index in [1.165, 1.54) is 0 Å². The molecule has 0 atom stereocenters. The molecule has 0 spiro atoms. The Morgan fingerprint density at radius 2 is 1.45 bits per heavy atom. The molecule has 0 saturated carbocycles. The molecule has 0 aliphatic heterocycles. The number of nitrogens with one attached hydrogen (secondary N) is 2. The lowest BCUT2D eigenvalue weighted by Crippen LogP contribution is -2.16. The Morgan fingerprint density at radius 3 is 1.97 bits per heavy atom. The van der Waals surface area contributed by atoms with Crippen molar-refractivity contribution < 1.29 is 19.1 Å². The standard InChI is InChI=1S/C22H29N3O4/c1-3-28-21(26)17-14-20(25-15-16-9-6-5-7-10-16)18(22(27)29-4-2)13-19(17)24-12-8-11-23/h5-7,9-10,13-14,24-25H,3-4,8,11-12,15,23H2,1-2H3. The molecule has 156 valence electrons. The number of esters is 2. The quantitative estimate of drug-likeness (QED) is 0.393. The molecule has 29 heavy (non-hydrogen) atoms. The van der Waals surface area contributed by atoms with E-state index in [4.69, 9.17) is 15.2 Å². The average Bonchev–Trinajstić information content (AvgIpc) is 2.73. The van der Waals surface area contributed by atoms with Crippen molar-refractivity contribution in [1.82, 2.24) is 0 Å². The number of hydrogen-bond donors (Lipinski definition) is 3. The summed E-state index contributed by atoms with van der Waals surface area (Å²) in [5, 5.41) is 6.42. The second-order valence-corrected chi connectivity index (χ2v) is 6.29. The zero-order valence-electron chi connectivity index (χ0n) is 17.0. The highest BCUT2D eigenvalue weighted by Crippen LogP contribution is 2.28. The van der Waals surface area contributed by atoms with E-state index in [0.717, 1.165) is 12.0 Å². The first-order chi connectivity index (χ1) is 14.1. The number of nitrogens with two attached hydrogens (primary N) is 1. The molecule has 0 amide bonds. The Labute approximate surface area is 171 Å². The number of hydrogen-bond acceptors (Lipinski definition) is 7. The van der Waals surface area contributed by atoms with Crippen molar-refractivity contribution >= 4 is 23.3 Å². The fourth-order valence-corrected chi connectivity index (χ4v) is 2.77. The van der Waals surface area contributed by atoms with Gasteiger partial charge in [0.15, 0.2) is 0 Å². The summed E-state index contributed by atoms with van der Waals surface area (Å²) < 4.78 is 10.4. The Morgan fingerprint density at radius 1 is 0.897 bits per heavy atom. The third-order valence-corrected chi connectivity index (χ3v) is 4.17. The molecular weight excluding hydrogens is 370 g/mol. The normalized spacial score (nSPS) is 10.3. The van der Waals surface area contributed by atoms with Crippen LogP contribution in [0.25, 0.3) is 0 Å². The lowest BCUT2D eigenvalue weighted by atomic mass is 10.0. The Kier molecular flexibility index (Phi) is 8.98. The Hall–Kier alpha value is -3.06. The van der Waals surface area contributed by atoms with E-state index in [-0.39, 0.29) is 13.2 Å². The molecule has 7 nitrogen and oxygen atoms in total. The third-order valence-electron chi connectivity index (χ3n) is 4.17. The van der Waals surface area contributed by atoms with Crippen LogP contribution in [-0.4, -0.2) is 38.2 Å². The second-order valence-electron chi connectivity index (χ2n) is 6.29. The van der Waals surface area contributed by atoms with Gasteiger partial charge in [-0.3, -0.25) is 0 Å². The van der Waals surface area contributed by atoms with Crippen LogP contribution in [0.5, 0.6) is 0 Å². The van der Waals surface area contributed by atoms with Gasteiger partial charge in [0.05, 0.1) is 24.3 Å². The summed E-state index contributed by atoms with van der Waals surface area (Å²) in [7, 11) is 0. The molecule has 0 fully saturated rings. The van der Waals surface area contributed by atoms with E-state index in [1.54, 1.807) is 26.0 Å². The first-order valence-corrected chi connectivity index (χ1v) is 9.84. The van der Waals surface area contributed by atoms with Crippen molar-refractivity contribution in [1.29, 1.82) is 0 Å². The lowest BCUT2D eigenvalue weighted by Gasteiger charge is -2.17. The van der Waals surface area contributed by atoms with Gasteiger partial charge in [-0.25, -0.2) is 9.59 Å². The maximum absolute atomic E-state index is 12.5. The summed E-state index contributed by atoms with van der Waals surface area (Å²) in [6, 6.07) is 13.0. The minimum Gasteiger partial charge on any atom is -0.462 e. The van der Waals surface area contributed by atoms with Gasteiger partial charge < -0.3 is 25.8 Å². The summed E-state index contributed by atoms with van der Waals surface area (Å²) in [6.45, 7) is 5.60. The van der Waals surface area contributed by atoms with E-state index in [2.05, 4.69) is 10.6 Å². The van der Waals surface area contributed by atoms with Crippen molar-refractivity contribution in [2.45, 2.75) is 26.8 Å². The Balaban J connectivity index is 2.41. The maximum Gasteiger partial charge on any atom is 0.340 e. The summed E-state index contributed by atoms with van der Waals surface area (Å²) in [5.41, 5.74) is 8.34. The van der Waals surface area contributed by atoms with Crippen molar-refractivity contribution in [3.8, 4) is 0 Å². The van der Waals surface area contributed by atoms with Gasteiger partial charge in [0, 0.05) is 24.5 Å². The summed E-state index contributed by atoms with van der Waals surface area (Å²) in [6.07, 6.45) is 0.727. The molecule has 0 heterocycles. The van der Waals surface area contributed by atoms with Gasteiger partial charge in [0.1, 0.15) is 0 Å². The zero-order chi connectivity index (χ0) is 21.1. The van der Waals surface area contributed by atoms with Crippen LogP contribution in [0.15, 0.2) is 42.5 Å². The molecule has 2 aromatic carbocycles. The number of carbonyl (C=O) groups excluding carboxylic acids is 2. The molecule has 2 aromatic rings. The van der Waals surface area contributed by atoms with Crippen molar-refractivity contribution in [3.05, 3.63) is 59.2 Å². The number of rotatable bonds is 11. The smallest absolute Gasteiger partial charge is 0.340 e.